The highest BCUT2D eigenvalue weighted by Gasteiger charge is 2.10. The number of rotatable bonds is 2. The minimum Gasteiger partial charge on any atom is -0.397 e. The second-order valence-corrected chi connectivity index (χ2v) is 4.24. The van der Waals surface area contributed by atoms with Gasteiger partial charge in [-0.15, -0.1) is 0 Å². The minimum atomic E-state index is -0.0792. The lowest BCUT2D eigenvalue weighted by Gasteiger charge is -2.11. The first kappa shape index (κ1) is 11.9. The first-order valence-corrected chi connectivity index (χ1v) is 5.16. The van der Waals surface area contributed by atoms with E-state index in [1.54, 1.807) is 12.1 Å². The van der Waals surface area contributed by atoms with E-state index in [-0.39, 0.29) is 11.8 Å². The molecule has 0 saturated heterocycles. The van der Waals surface area contributed by atoms with E-state index in [0.717, 1.165) is 5.56 Å². The van der Waals surface area contributed by atoms with Crippen LogP contribution in [0.1, 0.15) is 19.4 Å². The van der Waals surface area contributed by atoms with Crippen molar-refractivity contribution in [3.63, 3.8) is 0 Å². The van der Waals surface area contributed by atoms with E-state index in [0.29, 0.717) is 16.4 Å². The Morgan fingerprint density at radius 1 is 1.47 bits per heavy atom. The molecule has 1 amide bonds. The Kier molecular flexibility index (Phi) is 3.58. The molecule has 0 aromatic heterocycles. The van der Waals surface area contributed by atoms with Crippen LogP contribution < -0.4 is 11.1 Å². The van der Waals surface area contributed by atoms with Crippen LogP contribution in [0.5, 0.6) is 0 Å². The number of nitrogen functional groups attached to an aromatic ring is 1. The number of nitrogens with one attached hydrogen (secondary N) is 1. The van der Waals surface area contributed by atoms with Crippen molar-refractivity contribution in [1.29, 1.82) is 0 Å². The van der Waals surface area contributed by atoms with Crippen LogP contribution in [-0.4, -0.2) is 5.91 Å². The van der Waals surface area contributed by atoms with Crippen LogP contribution in [-0.2, 0) is 4.79 Å². The highest BCUT2D eigenvalue weighted by atomic mass is 35.5. The molecule has 3 N–H and O–H groups in total. The van der Waals surface area contributed by atoms with E-state index < -0.39 is 0 Å². The third-order valence-corrected chi connectivity index (χ3v) is 2.52. The standard InChI is InChI=1S/C11H15ClN2O/c1-6(2)11(15)14-10-5-8(12)7(3)4-9(10)13/h4-6H,13H2,1-3H3,(H,14,15). The van der Waals surface area contributed by atoms with Crippen LogP contribution in [0, 0.1) is 12.8 Å². The fraction of sp³-hybridized carbons (Fsp3) is 0.364. The highest BCUT2D eigenvalue weighted by Crippen LogP contribution is 2.27. The molecule has 0 fully saturated rings. The van der Waals surface area contributed by atoms with Gasteiger partial charge in [-0.1, -0.05) is 25.4 Å². The van der Waals surface area contributed by atoms with Crippen LogP contribution in [0.3, 0.4) is 0 Å². The molecule has 0 saturated carbocycles. The van der Waals surface area contributed by atoms with Gasteiger partial charge in [0.05, 0.1) is 11.4 Å². The maximum atomic E-state index is 11.5. The SMILES string of the molecule is Cc1cc(N)c(NC(=O)C(C)C)cc1Cl. The largest absolute Gasteiger partial charge is 0.397 e. The van der Waals surface area contributed by atoms with Crippen LogP contribution in [0.15, 0.2) is 12.1 Å². The second-order valence-electron chi connectivity index (χ2n) is 3.83. The Hall–Kier alpha value is -1.22. The summed E-state index contributed by atoms with van der Waals surface area (Å²) in [7, 11) is 0. The summed E-state index contributed by atoms with van der Waals surface area (Å²) >= 11 is 5.94. The molecule has 1 rings (SSSR count). The number of hydrogen-bond acceptors (Lipinski definition) is 2. The molecule has 0 radical (unpaired) electrons. The molecule has 82 valence electrons. The Morgan fingerprint density at radius 2 is 2.07 bits per heavy atom. The smallest absolute Gasteiger partial charge is 0.226 e. The molecule has 1 aromatic rings. The molecule has 0 aliphatic heterocycles. The van der Waals surface area contributed by atoms with Gasteiger partial charge in [0.25, 0.3) is 0 Å². The fourth-order valence-electron chi connectivity index (χ4n) is 1.09. The molecule has 3 nitrogen and oxygen atoms in total. The zero-order chi connectivity index (χ0) is 11.6. The monoisotopic (exact) mass is 226 g/mol. The first-order chi connectivity index (χ1) is 6.91. The van der Waals surface area contributed by atoms with Crippen LogP contribution in [0.25, 0.3) is 0 Å². The summed E-state index contributed by atoms with van der Waals surface area (Å²) in [5.41, 5.74) is 7.77. The van der Waals surface area contributed by atoms with Crippen molar-refractivity contribution in [2.75, 3.05) is 11.1 Å². The van der Waals surface area contributed by atoms with Crippen molar-refractivity contribution in [1.82, 2.24) is 0 Å². The normalized spacial score (nSPS) is 10.5. The number of nitrogens with two attached hydrogens (primary N) is 1. The summed E-state index contributed by atoms with van der Waals surface area (Å²) in [6.45, 7) is 5.51. The fourth-order valence-corrected chi connectivity index (χ4v) is 1.25. The van der Waals surface area contributed by atoms with Gasteiger partial charge in [-0.25, -0.2) is 0 Å². The molecule has 0 atom stereocenters. The number of amides is 1. The van der Waals surface area contributed by atoms with Gasteiger partial charge in [-0.2, -0.15) is 0 Å². The van der Waals surface area contributed by atoms with Gasteiger partial charge in [0.1, 0.15) is 0 Å². The van der Waals surface area contributed by atoms with E-state index in [9.17, 15) is 4.79 Å². The Morgan fingerprint density at radius 3 is 2.60 bits per heavy atom. The Labute approximate surface area is 94.6 Å². The third kappa shape index (κ3) is 2.86. The van der Waals surface area contributed by atoms with Gasteiger partial charge in [-0.05, 0) is 24.6 Å². The van der Waals surface area contributed by atoms with Crippen LogP contribution >= 0.6 is 11.6 Å². The molecule has 0 unspecified atom stereocenters. The average molecular weight is 227 g/mol. The van der Waals surface area contributed by atoms with Crippen molar-refractivity contribution in [2.45, 2.75) is 20.8 Å². The van der Waals surface area contributed by atoms with E-state index >= 15 is 0 Å². The van der Waals surface area contributed by atoms with E-state index in [2.05, 4.69) is 5.32 Å². The van der Waals surface area contributed by atoms with E-state index in [1.165, 1.54) is 0 Å². The van der Waals surface area contributed by atoms with E-state index in [4.69, 9.17) is 17.3 Å². The molecular weight excluding hydrogens is 212 g/mol. The van der Waals surface area contributed by atoms with Crippen LogP contribution in [0.4, 0.5) is 11.4 Å². The number of anilines is 2. The van der Waals surface area contributed by atoms with Gasteiger partial charge >= 0.3 is 0 Å². The van der Waals surface area contributed by atoms with Crippen molar-refractivity contribution in [2.24, 2.45) is 5.92 Å². The first-order valence-electron chi connectivity index (χ1n) is 4.78. The summed E-state index contributed by atoms with van der Waals surface area (Å²) in [5.74, 6) is -0.147. The summed E-state index contributed by atoms with van der Waals surface area (Å²) in [6, 6.07) is 3.42. The molecule has 0 heterocycles. The summed E-state index contributed by atoms with van der Waals surface area (Å²) in [5, 5.41) is 3.33. The molecular formula is C11H15ClN2O. The highest BCUT2D eigenvalue weighted by molar-refractivity contribution is 6.31. The zero-order valence-electron chi connectivity index (χ0n) is 9.10. The van der Waals surface area contributed by atoms with Gasteiger partial charge in [0, 0.05) is 10.9 Å². The lowest BCUT2D eigenvalue weighted by atomic mass is 10.1. The second kappa shape index (κ2) is 4.53. The van der Waals surface area contributed by atoms with Crippen molar-refractivity contribution in [3.8, 4) is 0 Å². The third-order valence-electron chi connectivity index (χ3n) is 2.11. The lowest BCUT2D eigenvalue weighted by molar-refractivity contribution is -0.118. The van der Waals surface area contributed by atoms with Crippen molar-refractivity contribution < 1.29 is 4.79 Å². The maximum Gasteiger partial charge on any atom is 0.226 e. The minimum absolute atomic E-state index is 0.0679. The predicted octanol–water partition coefficient (Wildman–Crippen LogP) is 2.83. The van der Waals surface area contributed by atoms with Gasteiger partial charge in [0.15, 0.2) is 0 Å². The molecule has 0 aliphatic rings. The van der Waals surface area contributed by atoms with Gasteiger partial charge in [-0.3, -0.25) is 4.79 Å². The van der Waals surface area contributed by atoms with Crippen molar-refractivity contribution in [3.05, 3.63) is 22.7 Å². The number of carbonyl (C=O) groups is 1. The predicted molar refractivity (Wildman–Crippen MR) is 64.1 cm³/mol. The maximum absolute atomic E-state index is 11.5. The number of hydrogen-bond donors (Lipinski definition) is 2. The number of benzene rings is 1. The lowest BCUT2D eigenvalue weighted by Crippen LogP contribution is -2.18. The van der Waals surface area contributed by atoms with E-state index in [1.807, 2.05) is 20.8 Å². The Bertz CT molecular complexity index is 388. The molecule has 1 aromatic carbocycles. The number of carbonyl (C=O) groups excluding carboxylic acids is 1. The number of aryl methyl sites for hydroxylation is 1. The number of halogens is 1. The topological polar surface area (TPSA) is 55.1 Å². The van der Waals surface area contributed by atoms with Crippen LogP contribution in [0.2, 0.25) is 5.02 Å². The summed E-state index contributed by atoms with van der Waals surface area (Å²) in [4.78, 5) is 11.5. The summed E-state index contributed by atoms with van der Waals surface area (Å²) in [6.07, 6.45) is 0. The summed E-state index contributed by atoms with van der Waals surface area (Å²) < 4.78 is 0. The average Bonchev–Trinajstić information content (AvgIpc) is 2.13. The zero-order valence-corrected chi connectivity index (χ0v) is 9.85. The van der Waals surface area contributed by atoms with Gasteiger partial charge in [0.2, 0.25) is 5.91 Å². The molecule has 0 aliphatic carbocycles. The molecule has 4 heteroatoms. The van der Waals surface area contributed by atoms with Crippen molar-refractivity contribution >= 4 is 28.9 Å². The van der Waals surface area contributed by atoms with Gasteiger partial charge < -0.3 is 11.1 Å². The Balaban J connectivity index is 2.96. The quantitative estimate of drug-likeness (QED) is 0.762. The molecule has 0 spiro atoms. The molecule has 0 bridgehead atoms. The molecule has 15 heavy (non-hydrogen) atoms.